The van der Waals surface area contributed by atoms with Crippen molar-refractivity contribution in [1.82, 2.24) is 0 Å². The quantitative estimate of drug-likeness (QED) is 0.166. The van der Waals surface area contributed by atoms with E-state index in [0.29, 0.717) is 32.7 Å². The van der Waals surface area contributed by atoms with Crippen molar-refractivity contribution < 1.29 is 29.2 Å². The van der Waals surface area contributed by atoms with E-state index in [1.54, 1.807) is 0 Å². The predicted octanol–water partition coefficient (Wildman–Crippen LogP) is 4.17. The molecule has 0 saturated heterocycles. The number of methoxy groups -OCH3 is 1. The van der Waals surface area contributed by atoms with Crippen LogP contribution < -0.4 is 0 Å². The Hall–Kier alpha value is -0.950. The summed E-state index contributed by atoms with van der Waals surface area (Å²) in [4.78, 5) is 11.0. The molecule has 0 radical (unpaired) electrons. The zero-order valence-corrected chi connectivity index (χ0v) is 18.7. The summed E-state index contributed by atoms with van der Waals surface area (Å²) in [6, 6.07) is 0. The van der Waals surface area contributed by atoms with Gasteiger partial charge in [-0.1, -0.05) is 57.6 Å². The zero-order chi connectivity index (χ0) is 21.6. The Labute approximate surface area is 177 Å². The number of carbonyl (C=O) groups is 1. The lowest BCUT2D eigenvalue weighted by Gasteiger charge is -2.22. The van der Waals surface area contributed by atoms with Gasteiger partial charge in [0.2, 0.25) is 0 Å². The highest BCUT2D eigenvalue weighted by atomic mass is 16.5. The number of aliphatic hydroxyl groups excluding tert-OH is 2. The van der Waals surface area contributed by atoms with Crippen LogP contribution in [-0.4, -0.2) is 61.9 Å². The second kappa shape index (κ2) is 21.8. The van der Waals surface area contributed by atoms with Crippen molar-refractivity contribution in [3.63, 3.8) is 0 Å². The number of carbonyl (C=O) groups excluding carboxylic acids is 1. The number of allylic oxidation sites excluding steroid dienone is 1. The van der Waals surface area contributed by atoms with Crippen LogP contribution in [0.1, 0.15) is 84.0 Å². The van der Waals surface area contributed by atoms with Crippen LogP contribution in [0.3, 0.4) is 0 Å². The summed E-state index contributed by atoms with van der Waals surface area (Å²) >= 11 is 0. The maximum absolute atomic E-state index is 11.0. The zero-order valence-electron chi connectivity index (χ0n) is 18.7. The fourth-order valence-electron chi connectivity index (χ4n) is 3.06. The van der Waals surface area contributed by atoms with Gasteiger partial charge in [0.05, 0.1) is 45.7 Å². The van der Waals surface area contributed by atoms with E-state index >= 15 is 0 Å². The first-order chi connectivity index (χ1) is 14.2. The molecular formula is C23H44O6. The largest absolute Gasteiger partial charge is 0.469 e. The van der Waals surface area contributed by atoms with Gasteiger partial charge in [0, 0.05) is 6.42 Å². The Morgan fingerprint density at radius 3 is 2.45 bits per heavy atom. The third kappa shape index (κ3) is 18.8. The van der Waals surface area contributed by atoms with Crippen LogP contribution in [0.25, 0.3) is 0 Å². The first kappa shape index (κ1) is 28.1. The van der Waals surface area contributed by atoms with Gasteiger partial charge < -0.3 is 24.4 Å². The number of rotatable bonds is 21. The van der Waals surface area contributed by atoms with E-state index in [1.807, 2.05) is 0 Å². The molecule has 172 valence electrons. The Balaban J connectivity index is 3.97. The average molecular weight is 417 g/mol. The summed E-state index contributed by atoms with van der Waals surface area (Å²) in [7, 11) is 1.43. The van der Waals surface area contributed by atoms with E-state index in [2.05, 4.69) is 23.8 Å². The van der Waals surface area contributed by atoms with E-state index < -0.39 is 6.10 Å². The van der Waals surface area contributed by atoms with Crippen molar-refractivity contribution in [1.29, 1.82) is 0 Å². The lowest BCUT2D eigenvalue weighted by molar-refractivity contribution is -0.140. The summed E-state index contributed by atoms with van der Waals surface area (Å²) in [5.41, 5.74) is 0. The highest BCUT2D eigenvalue weighted by Gasteiger charge is 2.18. The van der Waals surface area contributed by atoms with Crippen molar-refractivity contribution in [3.8, 4) is 0 Å². The number of hydrogen-bond acceptors (Lipinski definition) is 6. The van der Waals surface area contributed by atoms with E-state index in [1.165, 1.54) is 7.11 Å². The van der Waals surface area contributed by atoms with Crippen molar-refractivity contribution in [2.45, 2.75) is 96.2 Å². The molecule has 6 heteroatoms. The number of aliphatic hydroxyl groups is 2. The maximum Gasteiger partial charge on any atom is 0.305 e. The summed E-state index contributed by atoms with van der Waals surface area (Å²) in [5, 5.41) is 19.2. The predicted molar refractivity (Wildman–Crippen MR) is 116 cm³/mol. The first-order valence-corrected chi connectivity index (χ1v) is 11.4. The molecule has 0 amide bonds. The van der Waals surface area contributed by atoms with Crippen LogP contribution in [0.15, 0.2) is 12.2 Å². The molecule has 2 unspecified atom stereocenters. The number of ether oxygens (including phenoxy) is 3. The molecule has 0 aliphatic rings. The summed E-state index contributed by atoms with van der Waals surface area (Å²) in [6.45, 7) is 3.33. The normalized spacial score (nSPS) is 13.7. The van der Waals surface area contributed by atoms with Crippen LogP contribution in [0.2, 0.25) is 0 Å². The average Bonchev–Trinajstić information content (AvgIpc) is 2.73. The molecule has 0 bridgehead atoms. The third-order valence-electron chi connectivity index (χ3n) is 4.84. The minimum Gasteiger partial charge on any atom is -0.469 e. The lowest BCUT2D eigenvalue weighted by Crippen LogP contribution is -2.30. The van der Waals surface area contributed by atoms with E-state index in [4.69, 9.17) is 14.6 Å². The molecule has 0 rings (SSSR count). The van der Waals surface area contributed by atoms with E-state index in [0.717, 1.165) is 64.2 Å². The second-order valence-corrected chi connectivity index (χ2v) is 7.40. The first-order valence-electron chi connectivity index (χ1n) is 11.4. The second-order valence-electron chi connectivity index (χ2n) is 7.40. The highest BCUT2D eigenvalue weighted by molar-refractivity contribution is 5.68. The smallest absolute Gasteiger partial charge is 0.305 e. The number of unbranched alkanes of at least 4 members (excludes halogenated alkanes) is 7. The third-order valence-corrected chi connectivity index (χ3v) is 4.84. The minimum atomic E-state index is -0.459. The molecule has 0 aliphatic carbocycles. The van der Waals surface area contributed by atoms with Gasteiger partial charge in [-0.3, -0.25) is 4.79 Å². The molecule has 0 spiro atoms. The van der Waals surface area contributed by atoms with Crippen LogP contribution in [-0.2, 0) is 19.0 Å². The molecule has 6 nitrogen and oxygen atoms in total. The molecule has 0 saturated carbocycles. The van der Waals surface area contributed by atoms with Crippen molar-refractivity contribution in [2.24, 2.45) is 0 Å². The minimum absolute atomic E-state index is 0.0110. The number of hydrogen-bond donors (Lipinski definition) is 2. The fourth-order valence-corrected chi connectivity index (χ4v) is 3.06. The van der Waals surface area contributed by atoms with Gasteiger partial charge in [-0.25, -0.2) is 0 Å². The summed E-state index contributed by atoms with van der Waals surface area (Å²) < 4.78 is 15.7. The van der Waals surface area contributed by atoms with Crippen molar-refractivity contribution in [2.75, 3.05) is 33.5 Å². The molecule has 0 fully saturated rings. The molecule has 0 aromatic carbocycles. The topological polar surface area (TPSA) is 85.2 Å². The van der Waals surface area contributed by atoms with Crippen LogP contribution in [0.5, 0.6) is 0 Å². The molecule has 0 aromatic rings. The van der Waals surface area contributed by atoms with Gasteiger partial charge in [0.1, 0.15) is 0 Å². The van der Waals surface area contributed by atoms with Gasteiger partial charge in [0.25, 0.3) is 0 Å². The SMILES string of the molecule is CCCCCC(O)C(C/C=C/CCCCCCCC(=O)OC)OCCOCCO. The van der Waals surface area contributed by atoms with Gasteiger partial charge in [0.15, 0.2) is 0 Å². The maximum atomic E-state index is 11.0. The van der Waals surface area contributed by atoms with Gasteiger partial charge >= 0.3 is 5.97 Å². The molecule has 2 N–H and O–H groups in total. The Bertz CT molecular complexity index is 386. The van der Waals surface area contributed by atoms with Gasteiger partial charge in [-0.05, 0) is 32.1 Å². The number of esters is 1. The highest BCUT2D eigenvalue weighted by Crippen LogP contribution is 2.14. The molecule has 0 heterocycles. The summed E-state index contributed by atoms with van der Waals surface area (Å²) in [6.07, 6.45) is 15.3. The summed E-state index contributed by atoms with van der Waals surface area (Å²) in [5.74, 6) is -0.124. The Morgan fingerprint density at radius 2 is 1.72 bits per heavy atom. The standard InChI is InChI=1S/C23H44O6/c1-3-4-11-14-21(25)22(29-20-19-28-18-17-24)15-12-9-7-5-6-8-10-13-16-23(26)27-2/h9,12,21-22,24-25H,3-8,10-11,13-20H2,1-2H3/b12-9+. The van der Waals surface area contributed by atoms with E-state index in [-0.39, 0.29) is 18.7 Å². The van der Waals surface area contributed by atoms with E-state index in [9.17, 15) is 9.90 Å². The molecule has 29 heavy (non-hydrogen) atoms. The van der Waals surface area contributed by atoms with Gasteiger partial charge in [-0.15, -0.1) is 0 Å². The fraction of sp³-hybridized carbons (Fsp3) is 0.870. The van der Waals surface area contributed by atoms with Crippen LogP contribution >= 0.6 is 0 Å². The van der Waals surface area contributed by atoms with Crippen LogP contribution in [0.4, 0.5) is 0 Å². The molecular weight excluding hydrogens is 372 g/mol. The molecule has 0 aliphatic heterocycles. The Morgan fingerprint density at radius 1 is 0.966 bits per heavy atom. The van der Waals surface area contributed by atoms with Crippen LogP contribution in [0, 0.1) is 0 Å². The van der Waals surface area contributed by atoms with Crippen molar-refractivity contribution >= 4 is 5.97 Å². The van der Waals surface area contributed by atoms with Gasteiger partial charge in [-0.2, -0.15) is 0 Å². The molecule has 0 aromatic heterocycles. The van der Waals surface area contributed by atoms with Crippen molar-refractivity contribution in [3.05, 3.63) is 12.2 Å². The lowest BCUT2D eigenvalue weighted by atomic mass is 10.0. The monoisotopic (exact) mass is 416 g/mol. The Kier molecular flexibility index (Phi) is 21.0. The molecule has 2 atom stereocenters.